The Bertz CT molecular complexity index is 1220. The van der Waals surface area contributed by atoms with E-state index in [9.17, 15) is 9.59 Å². The highest BCUT2D eigenvalue weighted by atomic mass is 32.1. The highest BCUT2D eigenvalue weighted by Crippen LogP contribution is 2.22. The van der Waals surface area contributed by atoms with Crippen LogP contribution in [0.15, 0.2) is 84.2 Å². The Hall–Kier alpha value is -3.77. The first-order valence-electron chi connectivity index (χ1n) is 10.8. The first-order valence-corrected chi connectivity index (χ1v) is 11.7. The molecule has 2 N–H and O–H groups in total. The zero-order valence-corrected chi connectivity index (χ0v) is 19.2. The van der Waals surface area contributed by atoms with E-state index in [1.165, 1.54) is 0 Å². The number of aromatic nitrogens is 1. The summed E-state index contributed by atoms with van der Waals surface area (Å²) >= 11 is 1.64. The third kappa shape index (κ3) is 6.14. The summed E-state index contributed by atoms with van der Waals surface area (Å²) in [6, 6.07) is 25.5. The fraction of sp³-hybridized carbons (Fsp3) is 0.148. The smallest absolute Gasteiger partial charge is 0.251 e. The third-order valence-electron chi connectivity index (χ3n) is 5.27. The van der Waals surface area contributed by atoms with Gasteiger partial charge in [0, 0.05) is 23.1 Å². The highest BCUT2D eigenvalue weighted by Gasteiger charge is 2.09. The van der Waals surface area contributed by atoms with E-state index in [-0.39, 0.29) is 18.4 Å². The van der Waals surface area contributed by atoms with Crippen LogP contribution >= 0.6 is 11.3 Å². The van der Waals surface area contributed by atoms with Crippen LogP contribution in [0.25, 0.3) is 22.4 Å². The molecule has 6 heteroatoms. The molecule has 4 aromatic rings. The molecule has 0 aliphatic carbocycles. The van der Waals surface area contributed by atoms with Crippen molar-refractivity contribution in [2.24, 2.45) is 0 Å². The van der Waals surface area contributed by atoms with Crippen molar-refractivity contribution in [3.05, 3.63) is 100 Å². The summed E-state index contributed by atoms with van der Waals surface area (Å²) in [5, 5.41) is 8.63. The van der Waals surface area contributed by atoms with Gasteiger partial charge in [-0.3, -0.25) is 9.59 Å². The van der Waals surface area contributed by atoms with E-state index < -0.39 is 0 Å². The third-order valence-corrected chi connectivity index (χ3v) is 6.04. The topological polar surface area (TPSA) is 71.1 Å². The van der Waals surface area contributed by atoms with Crippen molar-refractivity contribution in [1.29, 1.82) is 0 Å². The van der Waals surface area contributed by atoms with Crippen LogP contribution in [0.4, 0.5) is 0 Å². The Kier molecular flexibility index (Phi) is 7.27. The number of carbonyl (C=O) groups is 2. The van der Waals surface area contributed by atoms with Crippen LogP contribution in [0.3, 0.4) is 0 Å². The molecule has 0 spiro atoms. The molecule has 3 aromatic carbocycles. The quantitative estimate of drug-likeness (QED) is 0.398. The molecule has 0 radical (unpaired) electrons. The van der Waals surface area contributed by atoms with Gasteiger partial charge in [0.2, 0.25) is 5.91 Å². The van der Waals surface area contributed by atoms with E-state index >= 15 is 0 Å². The number of amides is 2. The molecule has 0 aliphatic rings. The molecule has 33 heavy (non-hydrogen) atoms. The average molecular weight is 456 g/mol. The van der Waals surface area contributed by atoms with Crippen LogP contribution in [0, 0.1) is 6.92 Å². The number of benzene rings is 3. The number of nitrogens with zero attached hydrogens (tertiary/aromatic N) is 1. The Labute approximate surface area is 197 Å². The molecule has 5 nitrogen and oxygen atoms in total. The molecule has 166 valence electrons. The fourth-order valence-corrected chi connectivity index (χ4v) is 4.08. The molecule has 4 rings (SSSR count). The number of aryl methyl sites for hydroxylation is 1. The van der Waals surface area contributed by atoms with Crippen LogP contribution in [0.1, 0.15) is 20.9 Å². The standard InChI is InChI=1S/C27H25N3O2S/c1-19-30-25(18-33-19)23-9-7-20(8-10-23)15-16-28-26(31)17-29-27(32)24-13-11-22(12-14-24)21-5-3-2-4-6-21/h2-14,18H,15-17H2,1H3,(H,28,31)(H,29,32). The van der Waals surface area contributed by atoms with Gasteiger partial charge in [-0.1, -0.05) is 66.7 Å². The first-order chi connectivity index (χ1) is 16.1. The fourth-order valence-electron chi connectivity index (χ4n) is 3.45. The van der Waals surface area contributed by atoms with E-state index in [1.54, 1.807) is 23.5 Å². The predicted molar refractivity (Wildman–Crippen MR) is 133 cm³/mol. The minimum atomic E-state index is -0.266. The van der Waals surface area contributed by atoms with Gasteiger partial charge in [-0.15, -0.1) is 11.3 Å². The average Bonchev–Trinajstić information content (AvgIpc) is 3.30. The first kappa shape index (κ1) is 22.4. The summed E-state index contributed by atoms with van der Waals surface area (Å²) < 4.78 is 0. The summed E-state index contributed by atoms with van der Waals surface area (Å²) in [6.45, 7) is 2.45. The molecule has 0 aliphatic heterocycles. The largest absolute Gasteiger partial charge is 0.354 e. The van der Waals surface area contributed by atoms with Crippen molar-refractivity contribution in [1.82, 2.24) is 15.6 Å². The van der Waals surface area contributed by atoms with E-state index in [1.807, 2.05) is 49.4 Å². The van der Waals surface area contributed by atoms with Crippen molar-refractivity contribution in [2.45, 2.75) is 13.3 Å². The zero-order valence-electron chi connectivity index (χ0n) is 18.4. The second-order valence-electron chi connectivity index (χ2n) is 7.67. The van der Waals surface area contributed by atoms with E-state index in [2.05, 4.69) is 45.3 Å². The molecule has 0 bridgehead atoms. The number of carbonyl (C=O) groups excluding carboxylic acids is 2. The Morgan fingerprint density at radius 3 is 2.15 bits per heavy atom. The van der Waals surface area contributed by atoms with E-state index in [4.69, 9.17) is 0 Å². The number of nitrogens with one attached hydrogen (secondary N) is 2. The van der Waals surface area contributed by atoms with Gasteiger partial charge in [0.25, 0.3) is 5.91 Å². The van der Waals surface area contributed by atoms with Gasteiger partial charge in [-0.05, 0) is 42.2 Å². The number of rotatable bonds is 8. The maximum atomic E-state index is 12.3. The monoisotopic (exact) mass is 455 g/mol. The van der Waals surface area contributed by atoms with Crippen LogP contribution in [0.2, 0.25) is 0 Å². The van der Waals surface area contributed by atoms with Gasteiger partial charge in [0.1, 0.15) is 0 Å². The van der Waals surface area contributed by atoms with Crippen LogP contribution < -0.4 is 10.6 Å². The Morgan fingerprint density at radius 2 is 1.48 bits per heavy atom. The summed E-state index contributed by atoms with van der Waals surface area (Å²) in [5.74, 6) is -0.476. The van der Waals surface area contributed by atoms with Crippen LogP contribution in [-0.4, -0.2) is 29.9 Å². The molecule has 1 heterocycles. The van der Waals surface area contributed by atoms with Gasteiger partial charge >= 0.3 is 0 Å². The number of thiazole rings is 1. The Morgan fingerprint density at radius 1 is 0.818 bits per heavy atom. The minimum absolute atomic E-state index is 0.0542. The van der Waals surface area contributed by atoms with Gasteiger partial charge in [0.15, 0.2) is 0 Å². The van der Waals surface area contributed by atoms with Crippen LogP contribution in [0.5, 0.6) is 0 Å². The molecule has 0 unspecified atom stereocenters. The minimum Gasteiger partial charge on any atom is -0.354 e. The van der Waals surface area contributed by atoms with Crippen molar-refractivity contribution in [2.75, 3.05) is 13.1 Å². The second kappa shape index (κ2) is 10.7. The second-order valence-corrected chi connectivity index (χ2v) is 8.74. The lowest BCUT2D eigenvalue weighted by Crippen LogP contribution is -2.37. The molecular weight excluding hydrogens is 430 g/mol. The lowest BCUT2D eigenvalue weighted by atomic mass is 10.0. The van der Waals surface area contributed by atoms with Crippen molar-refractivity contribution in [3.63, 3.8) is 0 Å². The molecule has 2 amide bonds. The van der Waals surface area contributed by atoms with Gasteiger partial charge in [-0.2, -0.15) is 0 Å². The highest BCUT2D eigenvalue weighted by molar-refractivity contribution is 7.09. The molecule has 0 atom stereocenters. The SMILES string of the molecule is Cc1nc(-c2ccc(CCNC(=O)CNC(=O)c3ccc(-c4ccccc4)cc3)cc2)cs1. The maximum absolute atomic E-state index is 12.3. The van der Waals surface area contributed by atoms with E-state index in [0.29, 0.717) is 12.1 Å². The van der Waals surface area contributed by atoms with E-state index in [0.717, 1.165) is 39.4 Å². The molecule has 0 fully saturated rings. The predicted octanol–water partition coefficient (Wildman–Crippen LogP) is 4.87. The zero-order chi connectivity index (χ0) is 23.0. The van der Waals surface area contributed by atoms with Crippen molar-refractivity contribution >= 4 is 23.2 Å². The van der Waals surface area contributed by atoms with Gasteiger partial charge in [0.05, 0.1) is 17.2 Å². The van der Waals surface area contributed by atoms with Crippen LogP contribution in [-0.2, 0) is 11.2 Å². The molecular formula is C27H25N3O2S. The number of hydrogen-bond acceptors (Lipinski definition) is 4. The maximum Gasteiger partial charge on any atom is 0.251 e. The normalized spacial score (nSPS) is 10.6. The summed E-state index contributed by atoms with van der Waals surface area (Å²) in [5.41, 5.74) is 5.87. The molecule has 1 aromatic heterocycles. The lowest BCUT2D eigenvalue weighted by molar-refractivity contribution is -0.120. The Balaban J connectivity index is 1.20. The summed E-state index contributed by atoms with van der Waals surface area (Å²) in [7, 11) is 0. The summed E-state index contributed by atoms with van der Waals surface area (Å²) in [6.07, 6.45) is 0.719. The lowest BCUT2D eigenvalue weighted by Gasteiger charge is -2.08. The number of hydrogen-bond donors (Lipinski definition) is 2. The molecule has 0 saturated carbocycles. The van der Waals surface area contributed by atoms with Crippen molar-refractivity contribution < 1.29 is 9.59 Å². The van der Waals surface area contributed by atoms with Crippen molar-refractivity contribution in [3.8, 4) is 22.4 Å². The summed E-state index contributed by atoms with van der Waals surface area (Å²) in [4.78, 5) is 29.0. The van der Waals surface area contributed by atoms with Gasteiger partial charge < -0.3 is 10.6 Å². The van der Waals surface area contributed by atoms with Gasteiger partial charge in [-0.25, -0.2) is 4.98 Å². The molecule has 0 saturated heterocycles.